The predicted octanol–water partition coefficient (Wildman–Crippen LogP) is 4.20. The molecule has 0 aromatic heterocycles. The Morgan fingerprint density at radius 1 is 1.10 bits per heavy atom. The Labute approximate surface area is 130 Å². The van der Waals surface area contributed by atoms with Crippen LogP contribution in [0.1, 0.15) is 57.4 Å². The summed E-state index contributed by atoms with van der Waals surface area (Å²) in [6.45, 7) is 5.35. The van der Waals surface area contributed by atoms with Crippen LogP contribution < -0.4 is 5.73 Å². The molecule has 0 aliphatic heterocycles. The zero-order valence-electron chi connectivity index (χ0n) is 13.6. The predicted molar refractivity (Wildman–Crippen MR) is 91.2 cm³/mol. The molecule has 0 saturated heterocycles. The maximum Gasteiger partial charge on any atom is 0.0236 e. The normalized spacial score (nSPS) is 22.6. The standard InChI is InChI=1S/C19H32N2/c1-2-7-17-10-12-19(13-11-17)21(15-6-14-20)16-18-8-4-3-5-9-18/h3-5,8-9,17,19H,2,6-7,10-16,20H2,1H3. The molecule has 0 bridgehead atoms. The van der Waals surface area contributed by atoms with Crippen LogP contribution in [0.5, 0.6) is 0 Å². The lowest BCUT2D eigenvalue weighted by atomic mass is 9.83. The second-order valence-electron chi connectivity index (χ2n) is 6.56. The van der Waals surface area contributed by atoms with Crippen molar-refractivity contribution in [2.45, 2.75) is 64.5 Å². The summed E-state index contributed by atoms with van der Waals surface area (Å²) in [5, 5.41) is 0. The molecule has 0 spiro atoms. The fraction of sp³-hybridized carbons (Fsp3) is 0.684. The minimum absolute atomic E-state index is 0.768. The Bertz CT molecular complexity index is 368. The Kier molecular flexibility index (Phi) is 7.25. The molecule has 118 valence electrons. The number of benzene rings is 1. The lowest BCUT2D eigenvalue weighted by Crippen LogP contribution is -2.39. The van der Waals surface area contributed by atoms with Gasteiger partial charge in [0, 0.05) is 12.6 Å². The van der Waals surface area contributed by atoms with Gasteiger partial charge >= 0.3 is 0 Å². The molecule has 1 aliphatic rings. The number of hydrogen-bond acceptors (Lipinski definition) is 2. The van der Waals surface area contributed by atoms with E-state index in [0.717, 1.165) is 38.0 Å². The lowest BCUT2D eigenvalue weighted by Gasteiger charge is -2.37. The van der Waals surface area contributed by atoms with Gasteiger partial charge in [-0.25, -0.2) is 0 Å². The minimum Gasteiger partial charge on any atom is -0.330 e. The van der Waals surface area contributed by atoms with Crippen molar-refractivity contribution in [1.29, 1.82) is 0 Å². The van der Waals surface area contributed by atoms with E-state index in [4.69, 9.17) is 5.73 Å². The number of nitrogens with two attached hydrogens (primary N) is 1. The summed E-state index contributed by atoms with van der Waals surface area (Å²) in [6.07, 6.45) is 9.48. The third kappa shape index (κ3) is 5.44. The monoisotopic (exact) mass is 288 g/mol. The van der Waals surface area contributed by atoms with Crippen LogP contribution in [0.15, 0.2) is 30.3 Å². The van der Waals surface area contributed by atoms with E-state index in [1.807, 2.05) is 0 Å². The van der Waals surface area contributed by atoms with Crippen molar-refractivity contribution in [2.75, 3.05) is 13.1 Å². The average Bonchev–Trinajstić information content (AvgIpc) is 2.53. The third-order valence-electron chi connectivity index (χ3n) is 4.91. The SMILES string of the molecule is CCCC1CCC(N(CCCN)Cc2ccccc2)CC1. The van der Waals surface area contributed by atoms with Crippen LogP contribution in [0, 0.1) is 5.92 Å². The van der Waals surface area contributed by atoms with Crippen LogP contribution in [-0.4, -0.2) is 24.0 Å². The molecular formula is C19H32N2. The van der Waals surface area contributed by atoms with Crippen LogP contribution in [0.2, 0.25) is 0 Å². The first-order valence-electron chi connectivity index (χ1n) is 8.81. The van der Waals surface area contributed by atoms with Gasteiger partial charge in [-0.3, -0.25) is 4.90 Å². The van der Waals surface area contributed by atoms with Gasteiger partial charge in [-0.05, 0) is 56.7 Å². The zero-order valence-corrected chi connectivity index (χ0v) is 13.6. The van der Waals surface area contributed by atoms with Crippen molar-refractivity contribution in [1.82, 2.24) is 4.90 Å². The molecule has 1 aromatic carbocycles. The van der Waals surface area contributed by atoms with E-state index in [9.17, 15) is 0 Å². The molecule has 0 atom stereocenters. The van der Waals surface area contributed by atoms with Gasteiger partial charge in [-0.1, -0.05) is 50.1 Å². The first-order valence-corrected chi connectivity index (χ1v) is 8.81. The van der Waals surface area contributed by atoms with Crippen LogP contribution in [-0.2, 0) is 6.54 Å². The molecule has 0 radical (unpaired) electrons. The number of hydrogen-bond donors (Lipinski definition) is 1. The molecule has 0 heterocycles. The third-order valence-corrected chi connectivity index (χ3v) is 4.91. The molecule has 2 heteroatoms. The van der Waals surface area contributed by atoms with Gasteiger partial charge < -0.3 is 5.73 Å². The van der Waals surface area contributed by atoms with E-state index in [-0.39, 0.29) is 0 Å². The van der Waals surface area contributed by atoms with Gasteiger partial charge in [0.25, 0.3) is 0 Å². The Morgan fingerprint density at radius 2 is 1.81 bits per heavy atom. The number of nitrogens with zero attached hydrogens (tertiary/aromatic N) is 1. The summed E-state index contributed by atoms with van der Waals surface area (Å²) < 4.78 is 0. The second-order valence-corrected chi connectivity index (χ2v) is 6.56. The van der Waals surface area contributed by atoms with Gasteiger partial charge in [0.1, 0.15) is 0 Å². The molecule has 2 rings (SSSR count). The van der Waals surface area contributed by atoms with Crippen LogP contribution in [0.25, 0.3) is 0 Å². The van der Waals surface area contributed by atoms with Gasteiger partial charge in [0.2, 0.25) is 0 Å². The quantitative estimate of drug-likeness (QED) is 0.777. The fourth-order valence-electron chi connectivity index (χ4n) is 3.71. The maximum atomic E-state index is 5.73. The van der Waals surface area contributed by atoms with E-state index in [0.29, 0.717) is 0 Å². The van der Waals surface area contributed by atoms with Gasteiger partial charge in [0.05, 0.1) is 0 Å². The molecule has 21 heavy (non-hydrogen) atoms. The molecule has 0 unspecified atom stereocenters. The first-order chi connectivity index (χ1) is 10.3. The van der Waals surface area contributed by atoms with Crippen LogP contribution in [0.3, 0.4) is 0 Å². The van der Waals surface area contributed by atoms with Crippen molar-refractivity contribution in [3.63, 3.8) is 0 Å². The lowest BCUT2D eigenvalue weighted by molar-refractivity contribution is 0.125. The maximum absolute atomic E-state index is 5.73. The number of rotatable bonds is 8. The zero-order chi connectivity index (χ0) is 14.9. The average molecular weight is 288 g/mol. The van der Waals surface area contributed by atoms with E-state index in [2.05, 4.69) is 42.2 Å². The Balaban J connectivity index is 1.90. The van der Waals surface area contributed by atoms with E-state index in [1.54, 1.807) is 0 Å². The van der Waals surface area contributed by atoms with Gasteiger partial charge in [-0.2, -0.15) is 0 Å². The van der Waals surface area contributed by atoms with E-state index in [1.165, 1.54) is 44.1 Å². The second kappa shape index (κ2) is 9.22. The molecule has 0 amide bonds. The van der Waals surface area contributed by atoms with Crippen LogP contribution >= 0.6 is 0 Å². The fourth-order valence-corrected chi connectivity index (χ4v) is 3.71. The molecule has 1 aromatic rings. The molecular weight excluding hydrogens is 256 g/mol. The highest BCUT2D eigenvalue weighted by molar-refractivity contribution is 5.14. The summed E-state index contributed by atoms with van der Waals surface area (Å²) in [7, 11) is 0. The van der Waals surface area contributed by atoms with Crippen molar-refractivity contribution in [3.8, 4) is 0 Å². The highest BCUT2D eigenvalue weighted by atomic mass is 15.2. The van der Waals surface area contributed by atoms with E-state index >= 15 is 0 Å². The Morgan fingerprint density at radius 3 is 2.43 bits per heavy atom. The highest BCUT2D eigenvalue weighted by Gasteiger charge is 2.25. The minimum atomic E-state index is 0.768. The summed E-state index contributed by atoms with van der Waals surface area (Å²) in [4.78, 5) is 2.68. The summed E-state index contributed by atoms with van der Waals surface area (Å²) in [5.74, 6) is 0.985. The topological polar surface area (TPSA) is 29.3 Å². The van der Waals surface area contributed by atoms with E-state index < -0.39 is 0 Å². The molecule has 2 nitrogen and oxygen atoms in total. The molecule has 1 aliphatic carbocycles. The van der Waals surface area contributed by atoms with Crippen molar-refractivity contribution in [2.24, 2.45) is 11.7 Å². The largest absolute Gasteiger partial charge is 0.330 e. The molecule has 2 N–H and O–H groups in total. The van der Waals surface area contributed by atoms with Crippen molar-refractivity contribution >= 4 is 0 Å². The highest BCUT2D eigenvalue weighted by Crippen LogP contribution is 2.31. The van der Waals surface area contributed by atoms with Gasteiger partial charge in [0.15, 0.2) is 0 Å². The van der Waals surface area contributed by atoms with Gasteiger partial charge in [-0.15, -0.1) is 0 Å². The summed E-state index contributed by atoms with van der Waals surface area (Å²) in [5.41, 5.74) is 7.17. The Hall–Kier alpha value is -0.860. The first kappa shape index (κ1) is 16.5. The van der Waals surface area contributed by atoms with Crippen LogP contribution in [0.4, 0.5) is 0 Å². The molecule has 1 saturated carbocycles. The summed E-state index contributed by atoms with van der Waals surface area (Å²) >= 11 is 0. The van der Waals surface area contributed by atoms with Crippen molar-refractivity contribution < 1.29 is 0 Å². The summed E-state index contributed by atoms with van der Waals surface area (Å²) in [6, 6.07) is 11.7. The smallest absolute Gasteiger partial charge is 0.0236 e. The van der Waals surface area contributed by atoms with Crippen molar-refractivity contribution in [3.05, 3.63) is 35.9 Å². The molecule has 1 fully saturated rings.